The van der Waals surface area contributed by atoms with Crippen LogP contribution in [0.3, 0.4) is 0 Å². The highest BCUT2D eigenvalue weighted by atomic mass is 79.9. The van der Waals surface area contributed by atoms with Gasteiger partial charge in [0.2, 0.25) is 0 Å². The molecule has 0 fully saturated rings. The van der Waals surface area contributed by atoms with E-state index in [0.717, 1.165) is 23.0 Å². The van der Waals surface area contributed by atoms with E-state index in [2.05, 4.69) is 27.0 Å². The number of hydrogen-bond donors (Lipinski definition) is 1. The molecular weight excluding hydrogens is 298 g/mol. The molecule has 0 bridgehead atoms. The zero-order chi connectivity index (χ0) is 12.1. The van der Waals surface area contributed by atoms with Gasteiger partial charge in [0.25, 0.3) is 0 Å². The predicted molar refractivity (Wildman–Crippen MR) is 74.2 cm³/mol. The minimum Gasteiger partial charge on any atom is -0.396 e. The maximum absolute atomic E-state index is 9.44. The monoisotopic (exact) mass is 311 g/mol. The third-order valence-corrected chi connectivity index (χ3v) is 4.11. The van der Waals surface area contributed by atoms with Crippen molar-refractivity contribution in [1.82, 2.24) is 4.98 Å². The molecule has 1 N–H and O–H groups in total. The van der Waals surface area contributed by atoms with Gasteiger partial charge in [0.15, 0.2) is 0 Å². The van der Waals surface area contributed by atoms with Crippen LogP contribution in [0.1, 0.15) is 11.3 Å². The fourth-order valence-corrected chi connectivity index (χ4v) is 2.83. The number of halogens is 1. The van der Waals surface area contributed by atoms with Crippen LogP contribution in [0.25, 0.3) is 0 Å². The van der Waals surface area contributed by atoms with E-state index in [1.807, 2.05) is 29.1 Å². The molecule has 0 amide bonds. The van der Waals surface area contributed by atoms with Gasteiger partial charge in [-0.2, -0.15) is 0 Å². The van der Waals surface area contributed by atoms with E-state index in [0.29, 0.717) is 0 Å². The topological polar surface area (TPSA) is 33.1 Å². The van der Waals surface area contributed by atoms with Crippen molar-refractivity contribution in [2.75, 3.05) is 6.61 Å². The van der Waals surface area contributed by atoms with Gasteiger partial charge in [-0.3, -0.25) is 0 Å². The molecule has 1 unspecified atom stereocenters. The summed E-state index contributed by atoms with van der Waals surface area (Å²) in [6.45, 7) is 0.193. The highest BCUT2D eigenvalue weighted by Gasteiger charge is 2.12. The normalized spacial score (nSPS) is 12.6. The summed E-state index contributed by atoms with van der Waals surface area (Å²) in [5.41, 5.74) is 4.14. The van der Waals surface area contributed by atoms with Crippen LogP contribution in [0.4, 0.5) is 0 Å². The number of hydrogen-bond acceptors (Lipinski definition) is 3. The molecule has 0 aliphatic heterocycles. The molecule has 2 nitrogen and oxygen atoms in total. The molecule has 90 valence electrons. The predicted octanol–water partition coefficient (Wildman–Crippen LogP) is 3.30. The van der Waals surface area contributed by atoms with Gasteiger partial charge in [-0.15, -0.1) is 11.3 Å². The second kappa shape index (κ2) is 6.28. The van der Waals surface area contributed by atoms with E-state index < -0.39 is 0 Å². The zero-order valence-corrected chi connectivity index (χ0v) is 11.7. The molecule has 17 heavy (non-hydrogen) atoms. The molecule has 1 atom stereocenters. The van der Waals surface area contributed by atoms with Crippen LogP contribution in [-0.4, -0.2) is 16.7 Å². The average Bonchev–Trinajstić information content (AvgIpc) is 2.84. The van der Waals surface area contributed by atoms with E-state index in [4.69, 9.17) is 0 Å². The van der Waals surface area contributed by atoms with Crippen molar-refractivity contribution in [1.29, 1.82) is 0 Å². The van der Waals surface area contributed by atoms with Crippen LogP contribution < -0.4 is 0 Å². The smallest absolute Gasteiger partial charge is 0.0794 e. The first-order valence-corrected chi connectivity index (χ1v) is 7.24. The van der Waals surface area contributed by atoms with Crippen LogP contribution in [0.15, 0.2) is 39.6 Å². The van der Waals surface area contributed by atoms with Gasteiger partial charge in [-0.05, 0) is 30.4 Å². The number of nitrogens with zero attached hydrogens (tertiary/aromatic N) is 1. The molecular formula is C13H14BrNOS. The van der Waals surface area contributed by atoms with Crippen molar-refractivity contribution in [3.63, 3.8) is 0 Å². The standard InChI is InChI=1S/C13H14BrNOS/c14-13-4-2-1-3-11(13)5-10(7-16)6-12-8-17-9-15-12/h1-4,8-10,16H,5-7H2. The Morgan fingerprint density at radius 1 is 1.29 bits per heavy atom. The lowest BCUT2D eigenvalue weighted by molar-refractivity contribution is 0.224. The number of aliphatic hydroxyl groups excluding tert-OH is 1. The van der Waals surface area contributed by atoms with Crippen LogP contribution in [0, 0.1) is 5.92 Å². The third kappa shape index (κ3) is 3.63. The van der Waals surface area contributed by atoms with E-state index in [9.17, 15) is 5.11 Å². The number of aromatic nitrogens is 1. The first-order chi connectivity index (χ1) is 8.29. The fraction of sp³-hybridized carbons (Fsp3) is 0.308. The Balaban J connectivity index is 2.03. The summed E-state index contributed by atoms with van der Waals surface area (Å²) >= 11 is 5.14. The molecule has 2 aromatic rings. The Hall–Kier alpha value is -0.710. The van der Waals surface area contributed by atoms with E-state index in [1.165, 1.54) is 5.56 Å². The minimum absolute atomic E-state index is 0.193. The Bertz CT molecular complexity index is 458. The van der Waals surface area contributed by atoms with Crippen LogP contribution in [0.5, 0.6) is 0 Å². The van der Waals surface area contributed by atoms with E-state index in [-0.39, 0.29) is 12.5 Å². The Morgan fingerprint density at radius 3 is 2.76 bits per heavy atom. The highest BCUT2D eigenvalue weighted by Crippen LogP contribution is 2.21. The third-order valence-electron chi connectivity index (χ3n) is 2.71. The SMILES string of the molecule is OCC(Cc1cscn1)Cc1ccccc1Br. The Kier molecular flexibility index (Phi) is 4.71. The summed E-state index contributed by atoms with van der Waals surface area (Å²) < 4.78 is 1.11. The molecule has 1 aromatic heterocycles. The lowest BCUT2D eigenvalue weighted by Gasteiger charge is -2.13. The summed E-state index contributed by atoms with van der Waals surface area (Å²) in [7, 11) is 0. The Morgan fingerprint density at radius 2 is 2.12 bits per heavy atom. The number of benzene rings is 1. The lowest BCUT2D eigenvalue weighted by atomic mass is 9.96. The van der Waals surface area contributed by atoms with Gasteiger partial charge in [0, 0.05) is 16.5 Å². The van der Waals surface area contributed by atoms with E-state index >= 15 is 0 Å². The number of rotatable bonds is 5. The van der Waals surface area contributed by atoms with Gasteiger partial charge in [0.05, 0.1) is 11.2 Å². The fourth-order valence-electron chi connectivity index (χ4n) is 1.81. The molecule has 1 heterocycles. The van der Waals surface area contributed by atoms with Crippen molar-refractivity contribution < 1.29 is 5.11 Å². The van der Waals surface area contributed by atoms with Gasteiger partial charge in [-0.25, -0.2) is 4.98 Å². The number of thiazole rings is 1. The summed E-state index contributed by atoms with van der Waals surface area (Å²) in [5.74, 6) is 0.232. The molecule has 2 rings (SSSR count). The highest BCUT2D eigenvalue weighted by molar-refractivity contribution is 9.10. The molecule has 0 radical (unpaired) electrons. The van der Waals surface area contributed by atoms with Gasteiger partial charge in [-0.1, -0.05) is 34.1 Å². The largest absolute Gasteiger partial charge is 0.396 e. The van der Waals surface area contributed by atoms with Crippen LogP contribution >= 0.6 is 27.3 Å². The van der Waals surface area contributed by atoms with Gasteiger partial charge < -0.3 is 5.11 Å². The van der Waals surface area contributed by atoms with Crippen LogP contribution in [0.2, 0.25) is 0 Å². The van der Waals surface area contributed by atoms with Crippen molar-refractivity contribution in [3.8, 4) is 0 Å². The van der Waals surface area contributed by atoms with Crippen molar-refractivity contribution in [3.05, 3.63) is 50.9 Å². The average molecular weight is 312 g/mol. The molecule has 0 saturated carbocycles. The molecule has 0 spiro atoms. The Labute approximate surface area is 113 Å². The summed E-state index contributed by atoms with van der Waals surface area (Å²) in [5, 5.41) is 11.5. The van der Waals surface area contributed by atoms with Gasteiger partial charge in [0.1, 0.15) is 0 Å². The first-order valence-electron chi connectivity index (χ1n) is 5.51. The minimum atomic E-state index is 0.193. The van der Waals surface area contributed by atoms with Crippen LogP contribution in [-0.2, 0) is 12.8 Å². The lowest BCUT2D eigenvalue weighted by Crippen LogP contribution is -2.13. The second-order valence-electron chi connectivity index (χ2n) is 4.03. The first kappa shape index (κ1) is 12.7. The summed E-state index contributed by atoms with van der Waals surface area (Å²) in [6, 6.07) is 8.15. The summed E-state index contributed by atoms with van der Waals surface area (Å²) in [6.07, 6.45) is 1.71. The van der Waals surface area contributed by atoms with Gasteiger partial charge >= 0.3 is 0 Å². The summed E-state index contributed by atoms with van der Waals surface area (Å²) in [4.78, 5) is 4.26. The maximum atomic E-state index is 9.44. The quantitative estimate of drug-likeness (QED) is 0.919. The molecule has 0 aliphatic carbocycles. The second-order valence-corrected chi connectivity index (χ2v) is 5.60. The molecule has 1 aromatic carbocycles. The molecule has 0 aliphatic rings. The maximum Gasteiger partial charge on any atom is 0.0794 e. The zero-order valence-electron chi connectivity index (χ0n) is 9.34. The van der Waals surface area contributed by atoms with E-state index in [1.54, 1.807) is 11.3 Å². The molecule has 4 heteroatoms. The van der Waals surface area contributed by atoms with Crippen molar-refractivity contribution >= 4 is 27.3 Å². The number of aliphatic hydroxyl groups is 1. The van der Waals surface area contributed by atoms with Crippen molar-refractivity contribution in [2.24, 2.45) is 5.92 Å². The van der Waals surface area contributed by atoms with Crippen molar-refractivity contribution in [2.45, 2.75) is 12.8 Å². The molecule has 0 saturated heterocycles.